The monoisotopic (exact) mass is 479 g/mol. The average molecular weight is 480 g/mol. The van der Waals surface area contributed by atoms with E-state index >= 15 is 0 Å². The van der Waals surface area contributed by atoms with Crippen LogP contribution in [0.4, 0.5) is 5.69 Å². The molecule has 3 N–H and O–H groups in total. The minimum absolute atomic E-state index is 0.0702. The standard InChI is InChI=1S/C25H29N5O5/c1-15(2)13-18(27-23(32)16-6-8-17(26)9-7-16)24(33)28-12-10-19-22(28)21(31)14-29(19)25(34)20-5-3-4-11-30(20)35/h3-9,11,15,18-19,22H,10,12-14,26H2,1-2H3,(H,27,32). The second-order valence-corrected chi connectivity index (χ2v) is 9.42. The minimum Gasteiger partial charge on any atom is -0.618 e. The molecule has 3 atom stereocenters. The highest BCUT2D eigenvalue weighted by molar-refractivity contribution is 6.02. The maximum Gasteiger partial charge on any atom is 0.320 e. The largest absolute Gasteiger partial charge is 0.618 e. The van der Waals surface area contributed by atoms with Gasteiger partial charge in [0.25, 0.3) is 11.6 Å². The third kappa shape index (κ3) is 4.82. The molecule has 3 amide bonds. The number of benzene rings is 1. The summed E-state index contributed by atoms with van der Waals surface area (Å²) in [6.45, 7) is 4.00. The lowest BCUT2D eigenvalue weighted by atomic mass is 10.0. The number of nitrogens with one attached hydrogen (secondary N) is 1. The number of carbonyl (C=O) groups is 4. The molecule has 0 aliphatic carbocycles. The summed E-state index contributed by atoms with van der Waals surface area (Å²) in [5.74, 6) is -1.44. The molecule has 1 aromatic carbocycles. The zero-order valence-corrected chi connectivity index (χ0v) is 19.7. The summed E-state index contributed by atoms with van der Waals surface area (Å²) in [6.07, 6.45) is 2.04. The second kappa shape index (κ2) is 9.73. The zero-order valence-electron chi connectivity index (χ0n) is 19.7. The Morgan fingerprint density at radius 2 is 1.86 bits per heavy atom. The van der Waals surface area contributed by atoms with Crippen molar-refractivity contribution in [2.45, 2.75) is 44.8 Å². The number of fused-ring (bicyclic) bond motifs is 1. The van der Waals surface area contributed by atoms with Crippen LogP contribution < -0.4 is 15.8 Å². The second-order valence-electron chi connectivity index (χ2n) is 9.42. The van der Waals surface area contributed by atoms with E-state index in [2.05, 4.69) is 5.32 Å². The average Bonchev–Trinajstić information content (AvgIpc) is 3.39. The van der Waals surface area contributed by atoms with Crippen molar-refractivity contribution in [2.24, 2.45) is 5.92 Å². The van der Waals surface area contributed by atoms with Crippen LogP contribution in [0.2, 0.25) is 0 Å². The molecule has 0 radical (unpaired) electrons. The van der Waals surface area contributed by atoms with E-state index in [1.807, 2.05) is 13.8 Å². The smallest absolute Gasteiger partial charge is 0.320 e. The van der Waals surface area contributed by atoms with Crippen LogP contribution in [0.5, 0.6) is 0 Å². The first-order valence-corrected chi connectivity index (χ1v) is 11.7. The van der Waals surface area contributed by atoms with Crippen LogP contribution in [0.3, 0.4) is 0 Å². The number of Topliss-reactive ketones (excluding diaryl/α,β-unsaturated/α-hetero) is 1. The highest BCUT2D eigenvalue weighted by atomic mass is 16.5. The molecule has 2 aliphatic rings. The number of likely N-dealkylation sites (tertiary alicyclic amines) is 2. The molecule has 2 aliphatic heterocycles. The quantitative estimate of drug-likeness (QED) is 0.356. The summed E-state index contributed by atoms with van der Waals surface area (Å²) < 4.78 is 0.476. The highest BCUT2D eigenvalue weighted by Gasteiger charge is 2.53. The van der Waals surface area contributed by atoms with Crippen molar-refractivity contribution >= 4 is 29.2 Å². The fourth-order valence-electron chi connectivity index (χ4n) is 4.85. The van der Waals surface area contributed by atoms with Crippen LogP contribution in [-0.2, 0) is 9.59 Å². The van der Waals surface area contributed by atoms with Gasteiger partial charge in [-0.15, -0.1) is 0 Å². The summed E-state index contributed by atoms with van der Waals surface area (Å²) >= 11 is 0. The lowest BCUT2D eigenvalue weighted by Crippen LogP contribution is -2.53. The Labute approximate surface area is 203 Å². The van der Waals surface area contributed by atoms with E-state index in [4.69, 9.17) is 5.73 Å². The molecule has 4 rings (SSSR count). The number of rotatable bonds is 6. The molecule has 2 aromatic rings. The lowest BCUT2D eigenvalue weighted by molar-refractivity contribution is -0.608. The number of aromatic nitrogens is 1. The van der Waals surface area contributed by atoms with Gasteiger partial charge in [-0.05, 0) is 49.1 Å². The van der Waals surface area contributed by atoms with Crippen molar-refractivity contribution in [3.63, 3.8) is 0 Å². The summed E-state index contributed by atoms with van der Waals surface area (Å²) in [7, 11) is 0. The van der Waals surface area contributed by atoms with E-state index in [-0.39, 0.29) is 36.4 Å². The number of pyridine rings is 1. The van der Waals surface area contributed by atoms with E-state index in [0.717, 1.165) is 0 Å². The van der Waals surface area contributed by atoms with Gasteiger partial charge in [-0.1, -0.05) is 13.8 Å². The Kier molecular flexibility index (Phi) is 6.72. The van der Waals surface area contributed by atoms with Gasteiger partial charge in [-0.2, -0.15) is 4.73 Å². The van der Waals surface area contributed by atoms with E-state index in [0.29, 0.717) is 28.8 Å². The van der Waals surface area contributed by atoms with E-state index in [1.165, 1.54) is 28.1 Å². The van der Waals surface area contributed by atoms with Gasteiger partial charge in [-0.3, -0.25) is 19.2 Å². The number of nitrogen functional groups attached to an aromatic ring is 1. The predicted molar refractivity (Wildman–Crippen MR) is 127 cm³/mol. The van der Waals surface area contributed by atoms with Crippen molar-refractivity contribution in [1.29, 1.82) is 0 Å². The molecule has 3 unspecified atom stereocenters. The number of ketones is 1. The Balaban J connectivity index is 1.52. The molecule has 0 spiro atoms. The van der Waals surface area contributed by atoms with Crippen LogP contribution in [-0.4, -0.2) is 64.5 Å². The molecule has 35 heavy (non-hydrogen) atoms. The van der Waals surface area contributed by atoms with Gasteiger partial charge in [0.05, 0.1) is 12.6 Å². The van der Waals surface area contributed by atoms with Crippen molar-refractivity contribution < 1.29 is 23.9 Å². The summed E-state index contributed by atoms with van der Waals surface area (Å²) in [5.41, 5.74) is 6.53. The minimum atomic E-state index is -0.825. The molecule has 10 nitrogen and oxygen atoms in total. The van der Waals surface area contributed by atoms with Gasteiger partial charge < -0.3 is 26.1 Å². The van der Waals surface area contributed by atoms with E-state index < -0.39 is 29.9 Å². The SMILES string of the molecule is CC(C)CC(NC(=O)c1ccc(N)cc1)C(=O)N1CCC2C1C(=O)CN2C(=O)c1cccc[n+]1[O-]. The first kappa shape index (κ1) is 24.2. The lowest BCUT2D eigenvalue weighted by Gasteiger charge is -2.29. The number of carbonyl (C=O) groups excluding carboxylic acids is 4. The Morgan fingerprint density at radius 1 is 1.14 bits per heavy atom. The Morgan fingerprint density at radius 3 is 2.51 bits per heavy atom. The maximum absolute atomic E-state index is 13.6. The van der Waals surface area contributed by atoms with Crippen molar-refractivity contribution in [2.75, 3.05) is 18.8 Å². The van der Waals surface area contributed by atoms with Crippen LogP contribution in [0.1, 0.15) is 47.5 Å². The molecular formula is C25H29N5O5. The normalized spacial score (nSPS) is 20.1. The molecule has 0 bridgehead atoms. The van der Waals surface area contributed by atoms with Crippen molar-refractivity contribution in [1.82, 2.24) is 15.1 Å². The fourth-order valence-corrected chi connectivity index (χ4v) is 4.85. The van der Waals surface area contributed by atoms with E-state index in [1.54, 1.807) is 30.3 Å². The number of hydrogen-bond acceptors (Lipinski definition) is 6. The molecule has 1 aromatic heterocycles. The van der Waals surface area contributed by atoms with Gasteiger partial charge in [-0.25, -0.2) is 0 Å². The molecule has 3 heterocycles. The Bertz CT molecular complexity index is 1150. The molecule has 184 valence electrons. The fraction of sp³-hybridized carbons (Fsp3) is 0.400. The van der Waals surface area contributed by atoms with Crippen LogP contribution >= 0.6 is 0 Å². The third-order valence-corrected chi connectivity index (χ3v) is 6.49. The summed E-state index contributed by atoms with van der Waals surface area (Å²) in [6, 6.07) is 8.79. The topological polar surface area (TPSA) is 140 Å². The number of anilines is 1. The van der Waals surface area contributed by atoms with Crippen LogP contribution in [0, 0.1) is 11.1 Å². The van der Waals surface area contributed by atoms with Gasteiger partial charge in [0.15, 0.2) is 12.0 Å². The first-order valence-electron chi connectivity index (χ1n) is 11.7. The number of nitrogens with two attached hydrogens (primary N) is 1. The van der Waals surface area contributed by atoms with E-state index in [9.17, 15) is 24.4 Å². The number of amides is 3. The maximum atomic E-state index is 13.6. The molecule has 10 heteroatoms. The Hall–Kier alpha value is -3.95. The van der Waals surface area contributed by atoms with Gasteiger partial charge in [0.2, 0.25) is 5.91 Å². The highest BCUT2D eigenvalue weighted by Crippen LogP contribution is 2.31. The molecule has 2 saturated heterocycles. The number of nitrogens with zero attached hydrogens (tertiary/aromatic N) is 3. The van der Waals surface area contributed by atoms with Gasteiger partial charge in [0, 0.05) is 29.9 Å². The number of hydrogen-bond donors (Lipinski definition) is 2. The van der Waals surface area contributed by atoms with Crippen molar-refractivity contribution in [3.8, 4) is 0 Å². The molecule has 2 fully saturated rings. The van der Waals surface area contributed by atoms with Gasteiger partial charge in [0.1, 0.15) is 12.1 Å². The van der Waals surface area contributed by atoms with Crippen LogP contribution in [0.25, 0.3) is 0 Å². The van der Waals surface area contributed by atoms with Crippen LogP contribution in [0.15, 0.2) is 48.7 Å². The zero-order chi connectivity index (χ0) is 25.3. The molecule has 0 saturated carbocycles. The van der Waals surface area contributed by atoms with Crippen molar-refractivity contribution in [3.05, 3.63) is 65.1 Å². The first-order chi connectivity index (χ1) is 16.7. The molecular weight excluding hydrogens is 450 g/mol. The summed E-state index contributed by atoms with van der Waals surface area (Å²) in [5, 5.41) is 14.9. The van der Waals surface area contributed by atoms with Gasteiger partial charge >= 0.3 is 5.91 Å². The third-order valence-electron chi connectivity index (χ3n) is 6.49. The summed E-state index contributed by atoms with van der Waals surface area (Å²) in [4.78, 5) is 55.2. The predicted octanol–water partition coefficient (Wildman–Crippen LogP) is 0.741.